The van der Waals surface area contributed by atoms with Crippen molar-refractivity contribution < 1.29 is 13.2 Å². The molecule has 1 N–H and O–H groups in total. The van der Waals surface area contributed by atoms with E-state index in [9.17, 15) is 8.42 Å². The van der Waals surface area contributed by atoms with Crippen LogP contribution in [0.3, 0.4) is 0 Å². The van der Waals surface area contributed by atoms with Crippen molar-refractivity contribution in [2.45, 2.75) is 37.6 Å². The van der Waals surface area contributed by atoms with E-state index in [0.717, 1.165) is 11.1 Å². The summed E-state index contributed by atoms with van der Waals surface area (Å²) < 4.78 is 33.6. The number of methoxy groups -OCH3 is 1. The molecule has 130 valence electrons. The van der Waals surface area contributed by atoms with E-state index in [4.69, 9.17) is 16.3 Å². The zero-order valence-corrected chi connectivity index (χ0v) is 15.6. The Bertz CT molecular complexity index is 791. The summed E-state index contributed by atoms with van der Waals surface area (Å²) in [5, 5.41) is 0.396. The highest BCUT2D eigenvalue weighted by molar-refractivity contribution is 7.89. The van der Waals surface area contributed by atoms with E-state index < -0.39 is 10.0 Å². The van der Waals surface area contributed by atoms with Crippen LogP contribution in [0.15, 0.2) is 47.4 Å². The zero-order valence-electron chi connectivity index (χ0n) is 14.0. The third-order valence-corrected chi connectivity index (χ3v) is 5.82. The summed E-state index contributed by atoms with van der Waals surface area (Å²) >= 11 is 6.10. The summed E-state index contributed by atoms with van der Waals surface area (Å²) in [7, 11) is -2.29. The highest BCUT2D eigenvalue weighted by Crippen LogP contribution is 2.30. The van der Waals surface area contributed by atoms with Gasteiger partial charge in [-0.3, -0.25) is 0 Å². The third-order valence-electron chi connectivity index (χ3n) is 3.87. The molecule has 0 bridgehead atoms. The number of sulfonamides is 1. The Morgan fingerprint density at radius 3 is 2.46 bits per heavy atom. The van der Waals surface area contributed by atoms with Crippen LogP contribution in [0.2, 0.25) is 5.02 Å². The van der Waals surface area contributed by atoms with Gasteiger partial charge in [-0.2, -0.15) is 0 Å². The maximum atomic E-state index is 12.8. The average molecular weight is 368 g/mol. The summed E-state index contributed by atoms with van der Waals surface area (Å²) in [5.41, 5.74) is 1.85. The van der Waals surface area contributed by atoms with E-state index in [1.807, 2.05) is 37.3 Å². The largest absolute Gasteiger partial charge is 0.495 e. The Hall–Kier alpha value is -1.56. The molecule has 0 aliphatic carbocycles. The highest BCUT2D eigenvalue weighted by atomic mass is 35.5. The second-order valence-electron chi connectivity index (χ2n) is 5.67. The van der Waals surface area contributed by atoms with Crippen LogP contribution in [0.5, 0.6) is 5.75 Å². The smallest absolute Gasteiger partial charge is 0.244 e. The molecule has 2 aromatic carbocycles. The normalized spacial score (nSPS) is 12.8. The van der Waals surface area contributed by atoms with Crippen molar-refractivity contribution >= 4 is 21.6 Å². The van der Waals surface area contributed by atoms with Gasteiger partial charge in [-0.05, 0) is 43.0 Å². The first-order valence-corrected chi connectivity index (χ1v) is 9.64. The molecule has 4 nitrogen and oxygen atoms in total. The summed E-state index contributed by atoms with van der Waals surface area (Å²) in [6.45, 7) is 3.76. The second-order valence-corrected chi connectivity index (χ2v) is 7.76. The van der Waals surface area contributed by atoms with Gasteiger partial charge in [0, 0.05) is 11.1 Å². The van der Waals surface area contributed by atoms with Gasteiger partial charge in [0.15, 0.2) is 0 Å². The minimum absolute atomic E-state index is 0.0621. The molecule has 0 aliphatic heterocycles. The second kappa shape index (κ2) is 8.01. The lowest BCUT2D eigenvalue weighted by molar-refractivity contribution is 0.401. The molecule has 1 unspecified atom stereocenters. The number of hydrogen-bond acceptors (Lipinski definition) is 3. The van der Waals surface area contributed by atoms with Crippen LogP contribution in [-0.4, -0.2) is 21.6 Å². The Labute approximate surface area is 148 Å². The van der Waals surface area contributed by atoms with Crippen molar-refractivity contribution in [2.75, 3.05) is 7.11 Å². The van der Waals surface area contributed by atoms with Gasteiger partial charge in [0.2, 0.25) is 10.0 Å². The van der Waals surface area contributed by atoms with Gasteiger partial charge < -0.3 is 4.74 Å². The Morgan fingerprint density at radius 1 is 1.21 bits per heavy atom. The van der Waals surface area contributed by atoms with Crippen LogP contribution in [-0.2, 0) is 16.4 Å². The van der Waals surface area contributed by atoms with Crippen molar-refractivity contribution in [3.8, 4) is 5.75 Å². The molecule has 0 aliphatic rings. The van der Waals surface area contributed by atoms with Gasteiger partial charge >= 0.3 is 0 Å². The quantitative estimate of drug-likeness (QED) is 0.805. The van der Waals surface area contributed by atoms with E-state index in [1.54, 1.807) is 13.0 Å². The topological polar surface area (TPSA) is 55.4 Å². The van der Waals surface area contributed by atoms with Crippen molar-refractivity contribution in [2.24, 2.45) is 0 Å². The number of benzene rings is 2. The molecular formula is C18H22ClNO3S. The maximum absolute atomic E-state index is 12.8. The van der Waals surface area contributed by atoms with Gasteiger partial charge in [-0.15, -0.1) is 0 Å². The number of hydrogen-bond donors (Lipinski definition) is 1. The van der Waals surface area contributed by atoms with E-state index >= 15 is 0 Å². The van der Waals surface area contributed by atoms with Crippen LogP contribution >= 0.6 is 11.6 Å². The maximum Gasteiger partial charge on any atom is 0.244 e. The molecule has 24 heavy (non-hydrogen) atoms. The number of ether oxygens (including phenoxy) is 1. The molecule has 1 atom stereocenters. The molecule has 0 aromatic heterocycles. The summed E-state index contributed by atoms with van der Waals surface area (Å²) in [5.74, 6) is 0.291. The molecule has 0 spiro atoms. The van der Waals surface area contributed by atoms with Gasteiger partial charge in [0.1, 0.15) is 10.6 Å². The lowest BCUT2D eigenvalue weighted by Gasteiger charge is -2.19. The van der Waals surface area contributed by atoms with Crippen molar-refractivity contribution in [3.63, 3.8) is 0 Å². The molecule has 6 heteroatoms. The average Bonchev–Trinajstić information content (AvgIpc) is 2.56. The molecule has 0 saturated heterocycles. The Balaban J connectivity index is 2.28. The third kappa shape index (κ3) is 4.50. The minimum atomic E-state index is -3.73. The predicted octanol–water partition coefficient (Wildman–Crippen LogP) is 3.96. The predicted molar refractivity (Wildman–Crippen MR) is 97.3 cm³/mol. The fourth-order valence-corrected chi connectivity index (χ4v) is 4.18. The number of aryl methyl sites for hydroxylation is 1. The first kappa shape index (κ1) is 18.8. The summed E-state index contributed by atoms with van der Waals surface area (Å²) in [6.07, 6.45) is 1.30. The Kier molecular flexibility index (Phi) is 6.27. The molecule has 0 fully saturated rings. The molecule has 0 amide bonds. The van der Waals surface area contributed by atoms with Gasteiger partial charge in [0.25, 0.3) is 0 Å². The summed E-state index contributed by atoms with van der Waals surface area (Å²) in [6, 6.07) is 12.7. The van der Waals surface area contributed by atoms with Crippen molar-refractivity contribution in [1.82, 2.24) is 4.72 Å². The van der Waals surface area contributed by atoms with Gasteiger partial charge in [0.05, 0.1) is 7.11 Å². The Morgan fingerprint density at radius 2 is 1.88 bits per heavy atom. The molecule has 2 rings (SSSR count). The lowest BCUT2D eigenvalue weighted by atomic mass is 10.1. The number of halogens is 1. The lowest BCUT2D eigenvalue weighted by Crippen LogP contribution is -2.36. The van der Waals surface area contributed by atoms with Crippen LogP contribution in [0, 0.1) is 6.92 Å². The number of rotatable bonds is 7. The minimum Gasteiger partial charge on any atom is -0.495 e. The highest BCUT2D eigenvalue weighted by Gasteiger charge is 2.24. The fraction of sp³-hybridized carbons (Fsp3) is 0.333. The zero-order chi connectivity index (χ0) is 17.7. The molecular weight excluding hydrogens is 346 g/mol. The number of nitrogens with one attached hydrogen (secondary N) is 1. The van der Waals surface area contributed by atoms with E-state index in [1.165, 1.54) is 13.2 Å². The molecule has 0 heterocycles. The first-order valence-electron chi connectivity index (χ1n) is 7.77. The standard InChI is InChI=1S/C18H22ClNO3S/c1-4-15(11-14-8-6-5-7-9-14)20-24(21,22)18-12-16(19)13(2)10-17(18)23-3/h5-10,12,15,20H,4,11H2,1-3H3. The van der Waals surface area contributed by atoms with Crippen LogP contribution in [0.1, 0.15) is 24.5 Å². The monoisotopic (exact) mass is 367 g/mol. The fourth-order valence-electron chi connectivity index (χ4n) is 2.46. The van der Waals surface area contributed by atoms with Crippen molar-refractivity contribution in [3.05, 3.63) is 58.6 Å². The van der Waals surface area contributed by atoms with E-state index in [-0.39, 0.29) is 10.9 Å². The molecule has 2 aromatic rings. The first-order chi connectivity index (χ1) is 11.4. The molecule has 0 saturated carbocycles. The van der Waals surface area contributed by atoms with Crippen molar-refractivity contribution in [1.29, 1.82) is 0 Å². The van der Waals surface area contributed by atoms with Gasteiger partial charge in [-0.25, -0.2) is 13.1 Å². The van der Waals surface area contributed by atoms with Crippen LogP contribution < -0.4 is 9.46 Å². The summed E-state index contributed by atoms with van der Waals surface area (Å²) in [4.78, 5) is 0.0621. The van der Waals surface area contributed by atoms with Crippen LogP contribution in [0.4, 0.5) is 0 Å². The van der Waals surface area contributed by atoms with E-state index in [0.29, 0.717) is 23.6 Å². The van der Waals surface area contributed by atoms with E-state index in [2.05, 4.69) is 4.72 Å². The molecule has 0 radical (unpaired) electrons. The van der Waals surface area contributed by atoms with Crippen LogP contribution in [0.25, 0.3) is 0 Å². The SMILES string of the molecule is CCC(Cc1ccccc1)NS(=O)(=O)c1cc(Cl)c(C)cc1OC. The van der Waals surface area contributed by atoms with Gasteiger partial charge in [-0.1, -0.05) is 48.9 Å².